The number of halogens is 1. The molecule has 0 radical (unpaired) electrons. The molecule has 8 nitrogen and oxygen atoms in total. The fourth-order valence-corrected chi connectivity index (χ4v) is 5.79. The molecule has 4 aromatic rings. The van der Waals surface area contributed by atoms with Crippen molar-refractivity contribution in [2.45, 2.75) is 33.4 Å². The van der Waals surface area contributed by atoms with Crippen LogP contribution in [0.1, 0.15) is 44.5 Å². The van der Waals surface area contributed by atoms with Gasteiger partial charge < -0.3 is 28.8 Å². The second-order valence-corrected chi connectivity index (χ2v) is 10.3. The van der Waals surface area contributed by atoms with Crippen molar-refractivity contribution in [3.05, 3.63) is 87.6 Å². The van der Waals surface area contributed by atoms with Gasteiger partial charge in [0.2, 0.25) is 0 Å². The normalized spacial score (nSPS) is 11.8. The number of esters is 1. The number of fused-ring (bicyclic) bond motifs is 3. The van der Waals surface area contributed by atoms with E-state index in [-0.39, 0.29) is 19.1 Å². The Morgan fingerprint density at radius 2 is 1.67 bits per heavy atom. The molecule has 1 N–H and O–H groups in total. The van der Waals surface area contributed by atoms with Crippen molar-refractivity contribution in [2.75, 3.05) is 27.9 Å². The van der Waals surface area contributed by atoms with E-state index in [0.717, 1.165) is 34.5 Å². The lowest BCUT2D eigenvalue weighted by atomic mass is 9.92. The maximum Gasteiger partial charge on any atom is 0.340 e. The molecule has 0 aliphatic carbocycles. The summed E-state index contributed by atoms with van der Waals surface area (Å²) >= 11 is 6.29. The Labute approximate surface area is 250 Å². The van der Waals surface area contributed by atoms with Crippen molar-refractivity contribution >= 4 is 23.5 Å². The molecular formula is C33H33ClN2O6. The molecule has 42 heavy (non-hydrogen) atoms. The molecular weight excluding hydrogens is 556 g/mol. The van der Waals surface area contributed by atoms with E-state index in [4.69, 9.17) is 30.5 Å². The zero-order valence-electron chi connectivity index (χ0n) is 24.3. The molecule has 1 aliphatic heterocycles. The molecule has 2 heterocycles. The number of carbonyl (C=O) groups excluding carboxylic acids is 2. The number of hydrogen-bond donors (Lipinski definition) is 1. The Morgan fingerprint density at radius 1 is 0.952 bits per heavy atom. The summed E-state index contributed by atoms with van der Waals surface area (Å²) in [5.41, 5.74) is 6.55. The van der Waals surface area contributed by atoms with Gasteiger partial charge in [0.25, 0.3) is 5.91 Å². The van der Waals surface area contributed by atoms with Crippen LogP contribution in [-0.2, 0) is 24.2 Å². The predicted octanol–water partition coefficient (Wildman–Crippen LogP) is 6.47. The highest BCUT2D eigenvalue weighted by Gasteiger charge is 2.33. The van der Waals surface area contributed by atoms with Gasteiger partial charge in [-0.3, -0.25) is 4.79 Å². The van der Waals surface area contributed by atoms with Crippen LogP contribution in [0, 0.1) is 6.92 Å². The van der Waals surface area contributed by atoms with E-state index in [1.807, 2.05) is 43.3 Å². The molecule has 3 aromatic carbocycles. The molecule has 0 saturated heterocycles. The number of ether oxygens (including phenoxy) is 4. The molecule has 0 bridgehead atoms. The van der Waals surface area contributed by atoms with E-state index >= 15 is 0 Å². The molecule has 1 aromatic heterocycles. The average molecular weight is 589 g/mol. The van der Waals surface area contributed by atoms with E-state index in [1.165, 1.54) is 7.11 Å². The zero-order valence-corrected chi connectivity index (χ0v) is 25.1. The monoisotopic (exact) mass is 588 g/mol. The number of carbonyl (C=O) groups is 2. The van der Waals surface area contributed by atoms with Gasteiger partial charge in [-0.2, -0.15) is 0 Å². The summed E-state index contributed by atoms with van der Waals surface area (Å²) in [6.07, 6.45) is 0.748. The molecule has 1 aliphatic rings. The first-order chi connectivity index (χ1) is 20.3. The van der Waals surface area contributed by atoms with Crippen LogP contribution in [0.15, 0.2) is 54.6 Å². The summed E-state index contributed by atoms with van der Waals surface area (Å²) in [5, 5.41) is 3.51. The topological polar surface area (TPSA) is 88.0 Å². The van der Waals surface area contributed by atoms with Crippen LogP contribution < -0.4 is 19.5 Å². The highest BCUT2D eigenvalue weighted by molar-refractivity contribution is 6.31. The summed E-state index contributed by atoms with van der Waals surface area (Å²) in [6.45, 7) is 4.90. The van der Waals surface area contributed by atoms with Crippen LogP contribution in [0.3, 0.4) is 0 Å². The Balaban J connectivity index is 1.65. The average Bonchev–Trinajstić information content (AvgIpc) is 3.31. The van der Waals surface area contributed by atoms with E-state index in [9.17, 15) is 9.59 Å². The Bertz CT molecular complexity index is 1680. The van der Waals surface area contributed by atoms with Crippen molar-refractivity contribution in [2.24, 2.45) is 0 Å². The fraction of sp³-hybridized carbons (Fsp3) is 0.273. The lowest BCUT2D eigenvalue weighted by molar-refractivity contribution is 0.0528. The van der Waals surface area contributed by atoms with Gasteiger partial charge in [0, 0.05) is 34.9 Å². The number of aromatic nitrogens is 1. The van der Waals surface area contributed by atoms with Crippen molar-refractivity contribution in [1.29, 1.82) is 0 Å². The van der Waals surface area contributed by atoms with Gasteiger partial charge in [-0.05, 0) is 67.3 Å². The minimum atomic E-state index is -0.437. The Morgan fingerprint density at radius 3 is 2.36 bits per heavy atom. The minimum Gasteiger partial charge on any atom is -0.496 e. The van der Waals surface area contributed by atoms with Gasteiger partial charge in [0.05, 0.1) is 44.8 Å². The smallest absolute Gasteiger partial charge is 0.340 e. The number of hydrogen-bond acceptors (Lipinski definition) is 6. The third kappa shape index (κ3) is 5.18. The van der Waals surface area contributed by atoms with Gasteiger partial charge >= 0.3 is 5.97 Å². The molecule has 218 valence electrons. The molecule has 5 rings (SSSR count). The molecule has 1 amide bonds. The van der Waals surface area contributed by atoms with Gasteiger partial charge in [-0.1, -0.05) is 35.9 Å². The number of benzene rings is 3. The standard InChI is InChI=1S/C33H33ClN2O6/c1-6-42-33(38)30-29(19(2)36-14-13-20-16-27(40-4)28(41-5)17-23(20)31(30)36)21-11-12-26(39-3)24(15-21)32(37)35-18-22-9-7-8-10-25(22)34/h7-12,15-17H,6,13-14,18H2,1-5H3,(H,35,37). The summed E-state index contributed by atoms with van der Waals surface area (Å²) in [6, 6.07) is 16.6. The largest absolute Gasteiger partial charge is 0.496 e. The van der Waals surface area contributed by atoms with Crippen molar-refractivity contribution in [3.8, 4) is 39.6 Å². The first-order valence-corrected chi connectivity index (χ1v) is 14.1. The predicted molar refractivity (Wildman–Crippen MR) is 162 cm³/mol. The fourth-order valence-electron chi connectivity index (χ4n) is 5.59. The lowest BCUT2D eigenvalue weighted by Crippen LogP contribution is -2.23. The third-order valence-electron chi connectivity index (χ3n) is 7.60. The third-order valence-corrected chi connectivity index (χ3v) is 7.97. The van der Waals surface area contributed by atoms with Crippen molar-refractivity contribution in [1.82, 2.24) is 9.88 Å². The van der Waals surface area contributed by atoms with Gasteiger partial charge in [0.1, 0.15) is 5.75 Å². The molecule has 0 atom stereocenters. The number of amides is 1. The summed E-state index contributed by atoms with van der Waals surface area (Å²) in [4.78, 5) is 27.1. The SMILES string of the molecule is CCOC(=O)c1c(-c2ccc(OC)c(C(=O)NCc3ccccc3Cl)c2)c(C)n2c1-c1cc(OC)c(OC)cc1CC2. The number of nitrogens with zero attached hydrogens (tertiary/aromatic N) is 1. The molecule has 9 heteroatoms. The number of nitrogens with one attached hydrogen (secondary N) is 1. The Kier molecular flexibility index (Phi) is 8.45. The van der Waals surface area contributed by atoms with Crippen LogP contribution >= 0.6 is 11.6 Å². The second kappa shape index (κ2) is 12.2. The van der Waals surface area contributed by atoms with Gasteiger partial charge in [-0.25, -0.2) is 4.79 Å². The first-order valence-electron chi connectivity index (χ1n) is 13.7. The van der Waals surface area contributed by atoms with E-state index in [0.29, 0.717) is 51.1 Å². The van der Waals surface area contributed by atoms with Crippen molar-refractivity contribution < 1.29 is 28.5 Å². The Hall–Kier alpha value is -4.43. The highest BCUT2D eigenvalue weighted by atomic mass is 35.5. The van der Waals surface area contributed by atoms with Crippen LogP contribution in [-0.4, -0.2) is 44.4 Å². The van der Waals surface area contributed by atoms with E-state index < -0.39 is 5.97 Å². The minimum absolute atomic E-state index is 0.221. The zero-order chi connectivity index (χ0) is 30.0. The first kappa shape index (κ1) is 29.1. The molecule has 0 unspecified atom stereocenters. The maximum atomic E-state index is 13.6. The quantitative estimate of drug-likeness (QED) is 0.225. The molecule has 0 fully saturated rings. The van der Waals surface area contributed by atoms with Crippen LogP contribution in [0.2, 0.25) is 5.02 Å². The van der Waals surface area contributed by atoms with Crippen LogP contribution in [0.5, 0.6) is 17.2 Å². The van der Waals surface area contributed by atoms with E-state index in [2.05, 4.69) is 9.88 Å². The van der Waals surface area contributed by atoms with Gasteiger partial charge in [-0.15, -0.1) is 0 Å². The summed E-state index contributed by atoms with van der Waals surface area (Å²) < 4.78 is 24.4. The maximum absolute atomic E-state index is 13.6. The summed E-state index contributed by atoms with van der Waals surface area (Å²) in [5.74, 6) is 0.856. The number of methoxy groups -OCH3 is 3. The van der Waals surface area contributed by atoms with Crippen LogP contribution in [0.25, 0.3) is 22.4 Å². The second-order valence-electron chi connectivity index (χ2n) is 9.86. The summed E-state index contributed by atoms with van der Waals surface area (Å²) in [7, 11) is 4.71. The van der Waals surface area contributed by atoms with Crippen molar-refractivity contribution in [3.63, 3.8) is 0 Å². The highest BCUT2D eigenvalue weighted by Crippen LogP contribution is 2.45. The van der Waals surface area contributed by atoms with E-state index in [1.54, 1.807) is 39.3 Å². The lowest BCUT2D eigenvalue weighted by Gasteiger charge is -2.23. The molecule has 0 spiro atoms. The number of rotatable bonds is 9. The number of aryl methyl sites for hydroxylation is 1. The van der Waals surface area contributed by atoms with Crippen LogP contribution in [0.4, 0.5) is 0 Å². The van der Waals surface area contributed by atoms with Gasteiger partial charge in [0.15, 0.2) is 11.5 Å². The molecule has 0 saturated carbocycles.